The predicted octanol–water partition coefficient (Wildman–Crippen LogP) is 5.77. The number of likely N-dealkylation sites (tertiary alicyclic amines) is 1. The summed E-state index contributed by atoms with van der Waals surface area (Å²) in [6.45, 7) is 1.18. The maximum Gasteiger partial charge on any atom is 0.268 e. The lowest BCUT2D eigenvalue weighted by atomic mass is 10.0. The van der Waals surface area contributed by atoms with Crippen molar-refractivity contribution in [3.63, 3.8) is 0 Å². The fourth-order valence-electron chi connectivity index (χ4n) is 5.42. The number of amides is 1. The van der Waals surface area contributed by atoms with E-state index in [1.54, 1.807) is 48.7 Å². The summed E-state index contributed by atoms with van der Waals surface area (Å²) < 4.78 is 28.5. The second kappa shape index (κ2) is 11.7. The molecule has 220 valence electrons. The first-order chi connectivity index (χ1) is 20.7. The van der Waals surface area contributed by atoms with Gasteiger partial charge in [-0.25, -0.2) is 22.4 Å². The Morgan fingerprint density at radius 3 is 2.47 bits per heavy atom. The van der Waals surface area contributed by atoms with Crippen LogP contribution < -0.4 is 10.2 Å². The second-order valence-corrected chi connectivity index (χ2v) is 13.0. The van der Waals surface area contributed by atoms with Crippen molar-refractivity contribution in [1.29, 1.82) is 0 Å². The molecule has 43 heavy (non-hydrogen) atoms. The third-order valence-electron chi connectivity index (χ3n) is 7.65. The van der Waals surface area contributed by atoms with Gasteiger partial charge in [-0.05, 0) is 55.3 Å². The number of aromatic nitrogens is 3. The van der Waals surface area contributed by atoms with Crippen molar-refractivity contribution in [1.82, 2.24) is 18.8 Å². The third kappa shape index (κ3) is 5.68. The highest BCUT2D eigenvalue weighted by molar-refractivity contribution is 7.90. The molecule has 2 aromatic heterocycles. The van der Waals surface area contributed by atoms with Crippen LogP contribution in [0.5, 0.6) is 0 Å². The van der Waals surface area contributed by atoms with Crippen LogP contribution in [0.25, 0.3) is 22.2 Å². The Hall–Kier alpha value is -4.41. The van der Waals surface area contributed by atoms with E-state index in [9.17, 15) is 13.2 Å². The van der Waals surface area contributed by atoms with Crippen molar-refractivity contribution in [2.45, 2.75) is 23.8 Å². The minimum absolute atomic E-state index is 0.0121. The molecule has 3 aromatic carbocycles. The highest BCUT2D eigenvalue weighted by Gasteiger charge is 2.27. The van der Waals surface area contributed by atoms with Gasteiger partial charge >= 0.3 is 0 Å². The topological polar surface area (TPSA) is 100 Å². The summed E-state index contributed by atoms with van der Waals surface area (Å²) in [4.78, 5) is 26.4. The van der Waals surface area contributed by atoms with Crippen molar-refractivity contribution >= 4 is 50.1 Å². The zero-order chi connectivity index (χ0) is 30.1. The Kier molecular flexibility index (Phi) is 7.81. The first-order valence-corrected chi connectivity index (χ1v) is 15.8. The Balaban J connectivity index is 1.27. The maximum absolute atomic E-state index is 13.6. The number of nitrogens with one attached hydrogen (secondary N) is 1. The van der Waals surface area contributed by atoms with Crippen LogP contribution in [0.4, 0.5) is 11.6 Å². The summed E-state index contributed by atoms with van der Waals surface area (Å²) in [6.07, 6.45) is 4.76. The standard InChI is InChI=1S/C32H31ClN6O3S/c1-37(2)24-16-14-22(15-17-24)31(40)38-18-8-9-23(20-38)35-32-34-19-28(33)30(36-32)27-21-39(29-13-7-6-12-26(27)29)43(41,42)25-10-4-3-5-11-25/h3-7,10-17,19,21,23H,8-9,18,20H2,1-2H3,(H,34,35,36). The van der Waals surface area contributed by atoms with Crippen LogP contribution in [-0.4, -0.2) is 66.4 Å². The molecule has 1 fully saturated rings. The summed E-state index contributed by atoms with van der Waals surface area (Å²) in [5, 5.41) is 4.38. The lowest BCUT2D eigenvalue weighted by Gasteiger charge is -2.33. The zero-order valence-electron chi connectivity index (χ0n) is 23.8. The largest absolute Gasteiger partial charge is 0.378 e. The van der Waals surface area contributed by atoms with E-state index in [0.29, 0.717) is 51.8 Å². The molecule has 0 spiro atoms. The van der Waals surface area contributed by atoms with Crippen molar-refractivity contribution < 1.29 is 13.2 Å². The number of carbonyl (C=O) groups is 1. The normalized spacial score (nSPS) is 15.4. The molecule has 3 heterocycles. The summed E-state index contributed by atoms with van der Waals surface area (Å²) in [5.41, 5.74) is 3.20. The lowest BCUT2D eigenvalue weighted by Crippen LogP contribution is -2.45. The molecule has 0 aliphatic carbocycles. The number of nitrogens with zero attached hydrogens (tertiary/aromatic N) is 5. The Morgan fingerprint density at radius 2 is 1.72 bits per heavy atom. The van der Waals surface area contributed by atoms with Crippen molar-refractivity contribution in [2.24, 2.45) is 0 Å². The first kappa shape index (κ1) is 28.7. The van der Waals surface area contributed by atoms with Crippen LogP contribution in [0.2, 0.25) is 5.02 Å². The predicted molar refractivity (Wildman–Crippen MR) is 170 cm³/mol. The van der Waals surface area contributed by atoms with Crippen LogP contribution >= 0.6 is 11.6 Å². The van der Waals surface area contributed by atoms with E-state index in [1.807, 2.05) is 60.3 Å². The van der Waals surface area contributed by atoms with E-state index in [-0.39, 0.29) is 16.8 Å². The summed E-state index contributed by atoms with van der Waals surface area (Å²) in [5.74, 6) is 0.346. The molecule has 1 N–H and O–H groups in total. The molecule has 1 aliphatic rings. The van der Waals surface area contributed by atoms with Gasteiger partial charge in [-0.1, -0.05) is 48.0 Å². The van der Waals surface area contributed by atoms with Crippen molar-refractivity contribution in [3.05, 3.63) is 102 Å². The molecule has 5 aromatic rings. The zero-order valence-corrected chi connectivity index (χ0v) is 25.4. The van der Waals surface area contributed by atoms with Crippen molar-refractivity contribution in [3.8, 4) is 11.3 Å². The van der Waals surface area contributed by atoms with Gasteiger partial charge in [-0.3, -0.25) is 4.79 Å². The van der Waals surface area contributed by atoms with Crippen LogP contribution in [0.1, 0.15) is 23.2 Å². The number of hydrogen-bond donors (Lipinski definition) is 1. The molecule has 11 heteroatoms. The molecule has 0 bridgehead atoms. The van der Waals surface area contributed by atoms with E-state index in [0.717, 1.165) is 18.5 Å². The van der Waals surface area contributed by atoms with Gasteiger partial charge in [-0.2, -0.15) is 0 Å². The molecule has 1 atom stereocenters. The molecule has 1 amide bonds. The van der Waals surface area contributed by atoms with Crippen LogP contribution in [0.3, 0.4) is 0 Å². The lowest BCUT2D eigenvalue weighted by molar-refractivity contribution is 0.0714. The summed E-state index contributed by atoms with van der Waals surface area (Å²) in [6, 6.07) is 23.1. The van der Waals surface area contributed by atoms with E-state index >= 15 is 0 Å². The third-order valence-corrected chi connectivity index (χ3v) is 9.61. The van der Waals surface area contributed by atoms with E-state index in [4.69, 9.17) is 16.6 Å². The average Bonchev–Trinajstić information content (AvgIpc) is 3.43. The fourth-order valence-corrected chi connectivity index (χ4v) is 7.00. The maximum atomic E-state index is 13.6. The molecular weight excluding hydrogens is 584 g/mol. The Morgan fingerprint density at radius 1 is 1.00 bits per heavy atom. The molecule has 0 saturated carbocycles. The number of halogens is 1. The van der Waals surface area contributed by atoms with E-state index < -0.39 is 10.0 Å². The van der Waals surface area contributed by atoms with Crippen LogP contribution in [0, 0.1) is 0 Å². The van der Waals surface area contributed by atoms with E-state index in [1.165, 1.54) is 10.2 Å². The van der Waals surface area contributed by atoms with Gasteiger partial charge in [0.1, 0.15) is 0 Å². The molecule has 6 rings (SSSR count). The number of carbonyl (C=O) groups excluding carboxylic acids is 1. The number of para-hydroxylation sites is 1. The van der Waals surface area contributed by atoms with Gasteiger partial charge in [0.2, 0.25) is 5.95 Å². The minimum Gasteiger partial charge on any atom is -0.378 e. The fraction of sp³-hybridized carbons (Fsp3) is 0.219. The summed E-state index contributed by atoms with van der Waals surface area (Å²) >= 11 is 6.61. The highest BCUT2D eigenvalue weighted by Crippen LogP contribution is 2.36. The number of fused-ring (bicyclic) bond motifs is 1. The SMILES string of the molecule is CN(C)c1ccc(C(=O)N2CCCC(Nc3ncc(Cl)c(-c4cn(S(=O)(=O)c5ccccc5)c5ccccc45)n3)C2)cc1. The average molecular weight is 615 g/mol. The molecular formula is C32H31ClN6O3S. The molecule has 9 nitrogen and oxygen atoms in total. The smallest absolute Gasteiger partial charge is 0.268 e. The monoisotopic (exact) mass is 614 g/mol. The van der Waals surface area contributed by atoms with Gasteiger partial charge in [0, 0.05) is 61.6 Å². The highest BCUT2D eigenvalue weighted by atomic mass is 35.5. The number of benzene rings is 3. The van der Waals surface area contributed by atoms with E-state index in [2.05, 4.69) is 10.3 Å². The Labute approximate surface area is 255 Å². The Bertz CT molecular complexity index is 1890. The van der Waals surface area contributed by atoms with Gasteiger partial charge < -0.3 is 15.1 Å². The first-order valence-electron chi connectivity index (χ1n) is 14.0. The number of anilines is 2. The van der Waals surface area contributed by atoms with Gasteiger partial charge in [0.15, 0.2) is 0 Å². The number of rotatable bonds is 7. The van der Waals surface area contributed by atoms with Crippen LogP contribution in [0.15, 0.2) is 96.2 Å². The minimum atomic E-state index is -3.87. The van der Waals surface area contributed by atoms with Crippen molar-refractivity contribution in [2.75, 3.05) is 37.4 Å². The number of hydrogen-bond acceptors (Lipinski definition) is 7. The molecule has 1 unspecified atom stereocenters. The number of piperidine rings is 1. The second-order valence-electron chi connectivity index (χ2n) is 10.7. The van der Waals surface area contributed by atoms with Gasteiger partial charge in [-0.15, -0.1) is 0 Å². The molecule has 0 radical (unpaired) electrons. The van der Waals surface area contributed by atoms with Gasteiger partial charge in [0.25, 0.3) is 15.9 Å². The quantitative estimate of drug-likeness (QED) is 0.248. The van der Waals surface area contributed by atoms with Crippen LogP contribution in [-0.2, 0) is 10.0 Å². The molecule has 1 saturated heterocycles. The summed E-state index contributed by atoms with van der Waals surface area (Å²) in [7, 11) is 0.0621. The molecule has 1 aliphatic heterocycles. The van der Waals surface area contributed by atoms with Gasteiger partial charge in [0.05, 0.1) is 27.3 Å².